The van der Waals surface area contributed by atoms with Gasteiger partial charge in [0.1, 0.15) is 23.5 Å². The summed E-state index contributed by atoms with van der Waals surface area (Å²) in [6.07, 6.45) is 0.791. The molecule has 3 rings (SSSR count). The van der Waals surface area contributed by atoms with Crippen LogP contribution in [0, 0.1) is 18.6 Å². The molecule has 1 heterocycles. The van der Waals surface area contributed by atoms with Crippen LogP contribution in [0.2, 0.25) is 0 Å². The number of anilines is 1. The highest BCUT2D eigenvalue weighted by Gasteiger charge is 2.26. The third-order valence-electron chi connectivity index (χ3n) is 3.72. The predicted molar refractivity (Wildman–Crippen MR) is 78.8 cm³/mol. The molecule has 0 amide bonds. The first-order chi connectivity index (χ1) is 10.1. The van der Waals surface area contributed by atoms with E-state index in [-0.39, 0.29) is 6.10 Å². The molecule has 2 aromatic carbocycles. The van der Waals surface area contributed by atoms with Gasteiger partial charge in [-0.15, -0.1) is 0 Å². The van der Waals surface area contributed by atoms with E-state index in [1.807, 2.05) is 36.1 Å². The molecule has 1 unspecified atom stereocenters. The molecule has 2 aromatic rings. The van der Waals surface area contributed by atoms with Gasteiger partial charge in [-0.3, -0.25) is 0 Å². The van der Waals surface area contributed by atoms with Crippen molar-refractivity contribution >= 4 is 5.69 Å². The Hall–Kier alpha value is -2.10. The van der Waals surface area contributed by atoms with Crippen molar-refractivity contribution in [3.8, 4) is 5.75 Å². The van der Waals surface area contributed by atoms with Gasteiger partial charge in [0.25, 0.3) is 0 Å². The van der Waals surface area contributed by atoms with Crippen molar-refractivity contribution in [1.82, 2.24) is 0 Å². The van der Waals surface area contributed by atoms with Crippen LogP contribution in [0.5, 0.6) is 5.75 Å². The van der Waals surface area contributed by atoms with E-state index in [2.05, 4.69) is 0 Å². The Labute approximate surface area is 123 Å². The van der Waals surface area contributed by atoms with Gasteiger partial charge in [0, 0.05) is 19.0 Å². The summed E-state index contributed by atoms with van der Waals surface area (Å²) < 4.78 is 32.9. The molecular formula is C17H17F2NO. The molecule has 2 nitrogen and oxygen atoms in total. The van der Waals surface area contributed by atoms with Crippen molar-refractivity contribution in [2.45, 2.75) is 19.4 Å². The molecule has 0 radical (unpaired) electrons. The topological polar surface area (TPSA) is 12.5 Å². The summed E-state index contributed by atoms with van der Waals surface area (Å²) in [4.78, 5) is 1.83. The van der Waals surface area contributed by atoms with E-state index in [1.165, 1.54) is 17.7 Å². The normalized spacial score (nSPS) is 18.0. The lowest BCUT2D eigenvalue weighted by molar-refractivity contribution is 0.225. The second kappa shape index (κ2) is 5.72. The minimum absolute atomic E-state index is 0.00428. The summed E-state index contributed by atoms with van der Waals surface area (Å²) in [5.74, 6) is -0.00569. The summed E-state index contributed by atoms with van der Waals surface area (Å²) in [5, 5.41) is 0. The molecule has 1 atom stereocenters. The first-order valence-electron chi connectivity index (χ1n) is 7.05. The second-order valence-electron chi connectivity index (χ2n) is 5.38. The smallest absolute Gasteiger partial charge is 0.146 e. The van der Waals surface area contributed by atoms with Gasteiger partial charge < -0.3 is 9.64 Å². The number of ether oxygens (including phenoxy) is 1. The van der Waals surface area contributed by atoms with Crippen molar-refractivity contribution in [1.29, 1.82) is 0 Å². The summed E-state index contributed by atoms with van der Waals surface area (Å²) in [7, 11) is 0. The lowest BCUT2D eigenvalue weighted by atomic mass is 10.2. The zero-order valence-corrected chi connectivity index (χ0v) is 11.9. The fraction of sp³-hybridized carbons (Fsp3) is 0.294. The third-order valence-corrected chi connectivity index (χ3v) is 3.72. The van der Waals surface area contributed by atoms with Gasteiger partial charge in [-0.25, -0.2) is 8.78 Å². The van der Waals surface area contributed by atoms with Crippen LogP contribution in [0.4, 0.5) is 14.5 Å². The molecule has 0 aromatic heterocycles. The van der Waals surface area contributed by atoms with Crippen LogP contribution < -0.4 is 9.64 Å². The van der Waals surface area contributed by atoms with Crippen LogP contribution in [0.1, 0.15) is 12.0 Å². The summed E-state index contributed by atoms with van der Waals surface area (Å²) in [6.45, 7) is 3.25. The molecule has 0 bridgehead atoms. The van der Waals surface area contributed by atoms with Crippen LogP contribution in [-0.4, -0.2) is 19.2 Å². The van der Waals surface area contributed by atoms with E-state index in [4.69, 9.17) is 4.74 Å². The molecule has 21 heavy (non-hydrogen) atoms. The molecule has 1 fully saturated rings. The molecule has 0 spiro atoms. The van der Waals surface area contributed by atoms with Gasteiger partial charge in [-0.05, 0) is 31.2 Å². The number of hydrogen-bond donors (Lipinski definition) is 0. The van der Waals surface area contributed by atoms with Crippen LogP contribution >= 0.6 is 0 Å². The molecule has 0 N–H and O–H groups in total. The largest absolute Gasteiger partial charge is 0.489 e. The molecule has 1 saturated heterocycles. The number of aryl methyl sites for hydroxylation is 1. The first kappa shape index (κ1) is 13.9. The number of benzene rings is 2. The Kier molecular flexibility index (Phi) is 3.78. The fourth-order valence-corrected chi connectivity index (χ4v) is 2.58. The molecular weight excluding hydrogens is 272 g/mol. The highest BCUT2D eigenvalue weighted by atomic mass is 19.1. The maximum Gasteiger partial charge on any atom is 0.146 e. The highest BCUT2D eigenvalue weighted by molar-refractivity contribution is 5.49. The lowest BCUT2D eigenvalue weighted by Gasteiger charge is -2.19. The van der Waals surface area contributed by atoms with E-state index >= 15 is 0 Å². The van der Waals surface area contributed by atoms with Crippen LogP contribution in [0.15, 0.2) is 42.5 Å². The van der Waals surface area contributed by atoms with Gasteiger partial charge >= 0.3 is 0 Å². The van der Waals surface area contributed by atoms with Gasteiger partial charge in [-0.1, -0.05) is 17.7 Å². The van der Waals surface area contributed by atoms with Gasteiger partial charge in [0.2, 0.25) is 0 Å². The zero-order valence-electron chi connectivity index (χ0n) is 11.9. The number of halogens is 2. The monoisotopic (exact) mass is 289 g/mol. The standard InChI is InChI=1S/C17H17F2NO/c1-12-2-5-14(6-3-12)21-15-8-9-20(11-15)17-10-13(18)4-7-16(17)19/h2-7,10,15H,8-9,11H2,1H3. The molecule has 1 aliphatic heterocycles. The van der Waals surface area contributed by atoms with Gasteiger partial charge in [-0.2, -0.15) is 0 Å². The van der Waals surface area contributed by atoms with Crippen LogP contribution in [0.3, 0.4) is 0 Å². The van der Waals surface area contributed by atoms with Crippen LogP contribution in [0.25, 0.3) is 0 Å². The Morgan fingerprint density at radius 3 is 2.62 bits per heavy atom. The maximum atomic E-state index is 13.8. The van der Waals surface area contributed by atoms with E-state index in [0.29, 0.717) is 18.8 Å². The number of rotatable bonds is 3. The van der Waals surface area contributed by atoms with Crippen molar-refractivity contribution in [2.75, 3.05) is 18.0 Å². The summed E-state index contributed by atoms with van der Waals surface area (Å²) in [5.41, 5.74) is 1.49. The first-order valence-corrected chi connectivity index (χ1v) is 7.05. The zero-order chi connectivity index (χ0) is 14.8. The quantitative estimate of drug-likeness (QED) is 0.849. The van der Waals surface area contributed by atoms with Crippen molar-refractivity contribution in [3.05, 3.63) is 59.7 Å². The SMILES string of the molecule is Cc1ccc(OC2CCN(c3cc(F)ccc3F)C2)cc1. The lowest BCUT2D eigenvalue weighted by Crippen LogP contribution is -2.25. The number of hydrogen-bond acceptors (Lipinski definition) is 2. The third kappa shape index (κ3) is 3.15. The average molecular weight is 289 g/mol. The average Bonchev–Trinajstić information content (AvgIpc) is 2.92. The van der Waals surface area contributed by atoms with E-state index in [9.17, 15) is 8.78 Å². The summed E-state index contributed by atoms with van der Waals surface area (Å²) >= 11 is 0. The predicted octanol–water partition coefficient (Wildman–Crippen LogP) is 3.93. The van der Waals surface area contributed by atoms with E-state index in [0.717, 1.165) is 18.2 Å². The maximum absolute atomic E-state index is 13.8. The van der Waals surface area contributed by atoms with Crippen molar-refractivity contribution < 1.29 is 13.5 Å². The Balaban J connectivity index is 1.67. The second-order valence-corrected chi connectivity index (χ2v) is 5.38. The minimum Gasteiger partial charge on any atom is -0.489 e. The fourth-order valence-electron chi connectivity index (χ4n) is 2.58. The molecule has 0 saturated carbocycles. The highest BCUT2D eigenvalue weighted by Crippen LogP contribution is 2.26. The van der Waals surface area contributed by atoms with Crippen molar-refractivity contribution in [3.63, 3.8) is 0 Å². The van der Waals surface area contributed by atoms with Gasteiger partial charge in [0.05, 0.1) is 12.2 Å². The number of nitrogens with zero attached hydrogens (tertiary/aromatic N) is 1. The minimum atomic E-state index is -0.422. The Morgan fingerprint density at radius 2 is 1.86 bits per heavy atom. The molecule has 1 aliphatic rings. The Morgan fingerprint density at radius 1 is 1.10 bits per heavy atom. The van der Waals surface area contributed by atoms with Crippen LogP contribution in [-0.2, 0) is 0 Å². The molecule has 110 valence electrons. The summed E-state index contributed by atoms with van der Waals surface area (Å²) in [6, 6.07) is 11.4. The van der Waals surface area contributed by atoms with E-state index < -0.39 is 11.6 Å². The van der Waals surface area contributed by atoms with Gasteiger partial charge in [0.15, 0.2) is 0 Å². The Bertz CT molecular complexity index is 627. The molecule has 0 aliphatic carbocycles. The van der Waals surface area contributed by atoms with Crippen molar-refractivity contribution in [2.24, 2.45) is 0 Å². The van der Waals surface area contributed by atoms with E-state index in [1.54, 1.807) is 0 Å². The molecule has 4 heteroatoms.